The SMILES string of the molecule is CNCC1=CC=C(OC(F)F)C(C)C1. The van der Waals surface area contributed by atoms with Gasteiger partial charge in [0.25, 0.3) is 0 Å². The van der Waals surface area contributed by atoms with Crippen LogP contribution in [-0.2, 0) is 4.74 Å². The van der Waals surface area contributed by atoms with Crippen LogP contribution in [0.5, 0.6) is 0 Å². The van der Waals surface area contributed by atoms with Gasteiger partial charge in [-0.1, -0.05) is 18.6 Å². The summed E-state index contributed by atoms with van der Waals surface area (Å²) < 4.78 is 28.3. The van der Waals surface area contributed by atoms with Gasteiger partial charge in [-0.15, -0.1) is 0 Å². The minimum atomic E-state index is -2.72. The highest BCUT2D eigenvalue weighted by Crippen LogP contribution is 2.26. The largest absolute Gasteiger partial charge is 0.439 e. The van der Waals surface area contributed by atoms with Crippen LogP contribution in [0.4, 0.5) is 8.78 Å². The fourth-order valence-corrected chi connectivity index (χ4v) is 1.54. The minimum Gasteiger partial charge on any atom is -0.439 e. The van der Waals surface area contributed by atoms with Crippen molar-refractivity contribution in [1.29, 1.82) is 0 Å². The Morgan fingerprint density at radius 2 is 2.29 bits per heavy atom. The number of nitrogens with one attached hydrogen (secondary N) is 1. The Labute approximate surface area is 82.6 Å². The first-order chi connectivity index (χ1) is 6.63. The van der Waals surface area contributed by atoms with Gasteiger partial charge in [-0.2, -0.15) is 8.78 Å². The standard InChI is InChI=1S/C10H15F2NO/c1-7-5-8(6-13-2)3-4-9(7)14-10(11)12/h3-4,7,10,13H,5-6H2,1-2H3. The molecular weight excluding hydrogens is 188 g/mol. The maximum Gasteiger partial charge on any atom is 0.387 e. The third-order valence-corrected chi connectivity index (χ3v) is 2.17. The summed E-state index contributed by atoms with van der Waals surface area (Å²) >= 11 is 0. The van der Waals surface area contributed by atoms with Crippen LogP contribution in [0.2, 0.25) is 0 Å². The molecular formula is C10H15F2NO. The van der Waals surface area contributed by atoms with E-state index < -0.39 is 6.61 Å². The zero-order chi connectivity index (χ0) is 10.6. The average Bonchev–Trinajstić information content (AvgIpc) is 2.10. The molecule has 1 aliphatic rings. The highest BCUT2D eigenvalue weighted by molar-refractivity contribution is 5.23. The number of halogens is 2. The lowest BCUT2D eigenvalue weighted by Crippen LogP contribution is -2.17. The molecule has 0 saturated heterocycles. The number of likely N-dealkylation sites (N-methyl/N-ethyl adjacent to an activating group) is 1. The highest BCUT2D eigenvalue weighted by Gasteiger charge is 2.18. The molecule has 80 valence electrons. The summed E-state index contributed by atoms with van der Waals surface area (Å²) in [4.78, 5) is 0. The van der Waals surface area contributed by atoms with E-state index in [2.05, 4.69) is 10.1 Å². The van der Waals surface area contributed by atoms with E-state index >= 15 is 0 Å². The predicted octanol–water partition coefficient (Wildman–Crippen LogP) is 2.30. The van der Waals surface area contributed by atoms with Crippen LogP contribution in [0, 0.1) is 5.92 Å². The zero-order valence-corrected chi connectivity index (χ0v) is 8.39. The Morgan fingerprint density at radius 1 is 1.57 bits per heavy atom. The molecule has 0 radical (unpaired) electrons. The summed E-state index contributed by atoms with van der Waals surface area (Å²) in [6.45, 7) is -0.0393. The van der Waals surface area contributed by atoms with Crippen molar-refractivity contribution in [2.75, 3.05) is 13.6 Å². The van der Waals surface area contributed by atoms with E-state index in [-0.39, 0.29) is 5.92 Å². The molecule has 0 aromatic rings. The molecule has 2 nitrogen and oxygen atoms in total. The molecule has 0 heterocycles. The third-order valence-electron chi connectivity index (χ3n) is 2.17. The van der Waals surface area contributed by atoms with Crippen molar-refractivity contribution in [2.24, 2.45) is 5.92 Å². The van der Waals surface area contributed by atoms with E-state index in [9.17, 15) is 8.78 Å². The normalized spacial score (nSPS) is 21.9. The molecule has 0 aliphatic heterocycles. The van der Waals surface area contributed by atoms with Gasteiger partial charge in [0.05, 0.1) is 0 Å². The molecule has 0 aromatic heterocycles. The van der Waals surface area contributed by atoms with Gasteiger partial charge in [0.15, 0.2) is 0 Å². The summed E-state index contributed by atoms with van der Waals surface area (Å²) in [7, 11) is 1.86. The van der Waals surface area contributed by atoms with Crippen LogP contribution in [0.1, 0.15) is 13.3 Å². The van der Waals surface area contributed by atoms with Crippen LogP contribution in [0.15, 0.2) is 23.5 Å². The van der Waals surface area contributed by atoms with Gasteiger partial charge in [-0.25, -0.2) is 0 Å². The van der Waals surface area contributed by atoms with E-state index in [1.54, 1.807) is 6.08 Å². The predicted molar refractivity (Wildman–Crippen MR) is 51.0 cm³/mol. The van der Waals surface area contributed by atoms with Gasteiger partial charge in [0, 0.05) is 12.5 Å². The fraction of sp³-hybridized carbons (Fsp3) is 0.600. The molecule has 0 fully saturated rings. The summed E-state index contributed by atoms with van der Waals surface area (Å²) in [6.07, 6.45) is 4.25. The molecule has 0 bridgehead atoms. The second-order valence-electron chi connectivity index (χ2n) is 3.41. The first kappa shape index (κ1) is 11.2. The summed E-state index contributed by atoms with van der Waals surface area (Å²) in [5, 5.41) is 3.03. The molecule has 14 heavy (non-hydrogen) atoms. The Kier molecular flexibility index (Phi) is 4.07. The molecule has 1 aliphatic carbocycles. The van der Waals surface area contributed by atoms with Gasteiger partial charge in [-0.3, -0.25) is 0 Å². The minimum absolute atomic E-state index is 0.0392. The van der Waals surface area contributed by atoms with E-state index in [1.165, 1.54) is 5.57 Å². The molecule has 0 aromatic carbocycles. The van der Waals surface area contributed by atoms with Gasteiger partial charge in [0.2, 0.25) is 0 Å². The number of alkyl halides is 2. The number of ether oxygens (including phenoxy) is 1. The fourth-order valence-electron chi connectivity index (χ4n) is 1.54. The van der Waals surface area contributed by atoms with Crippen molar-refractivity contribution in [2.45, 2.75) is 20.0 Å². The van der Waals surface area contributed by atoms with Crippen molar-refractivity contribution >= 4 is 0 Å². The molecule has 1 N–H and O–H groups in total. The topological polar surface area (TPSA) is 21.3 Å². The van der Waals surface area contributed by atoms with Crippen molar-refractivity contribution < 1.29 is 13.5 Å². The smallest absolute Gasteiger partial charge is 0.387 e. The first-order valence-electron chi connectivity index (χ1n) is 4.62. The Morgan fingerprint density at radius 3 is 2.79 bits per heavy atom. The molecule has 0 saturated carbocycles. The third kappa shape index (κ3) is 3.10. The van der Waals surface area contributed by atoms with Crippen LogP contribution in [0.25, 0.3) is 0 Å². The lowest BCUT2D eigenvalue weighted by atomic mass is 9.94. The van der Waals surface area contributed by atoms with E-state index in [0.717, 1.165) is 13.0 Å². The average molecular weight is 203 g/mol. The molecule has 1 rings (SSSR count). The van der Waals surface area contributed by atoms with Crippen LogP contribution < -0.4 is 5.32 Å². The van der Waals surface area contributed by atoms with Gasteiger partial charge < -0.3 is 10.1 Å². The quantitative estimate of drug-likeness (QED) is 0.757. The van der Waals surface area contributed by atoms with Crippen LogP contribution in [-0.4, -0.2) is 20.2 Å². The van der Waals surface area contributed by atoms with Gasteiger partial charge in [-0.05, 0) is 19.5 Å². The van der Waals surface area contributed by atoms with Crippen molar-refractivity contribution in [3.05, 3.63) is 23.5 Å². The van der Waals surface area contributed by atoms with Crippen molar-refractivity contribution in [3.63, 3.8) is 0 Å². The second kappa shape index (κ2) is 5.10. The lowest BCUT2D eigenvalue weighted by molar-refractivity contribution is -0.104. The lowest BCUT2D eigenvalue weighted by Gasteiger charge is -2.21. The van der Waals surface area contributed by atoms with E-state index in [4.69, 9.17) is 0 Å². The van der Waals surface area contributed by atoms with Crippen LogP contribution >= 0.6 is 0 Å². The van der Waals surface area contributed by atoms with E-state index in [1.807, 2.05) is 20.0 Å². The summed E-state index contributed by atoms with van der Waals surface area (Å²) in [5.74, 6) is 0.414. The Balaban J connectivity index is 2.60. The highest BCUT2D eigenvalue weighted by atomic mass is 19.3. The molecule has 0 spiro atoms. The first-order valence-corrected chi connectivity index (χ1v) is 4.62. The zero-order valence-electron chi connectivity index (χ0n) is 8.39. The number of rotatable bonds is 4. The Bertz CT molecular complexity index is 249. The number of allylic oxidation sites excluding steroid dienone is 3. The van der Waals surface area contributed by atoms with E-state index in [0.29, 0.717) is 5.76 Å². The van der Waals surface area contributed by atoms with Gasteiger partial charge >= 0.3 is 6.61 Å². The van der Waals surface area contributed by atoms with Crippen molar-refractivity contribution in [1.82, 2.24) is 5.32 Å². The van der Waals surface area contributed by atoms with Crippen molar-refractivity contribution in [3.8, 4) is 0 Å². The van der Waals surface area contributed by atoms with Gasteiger partial charge in [0.1, 0.15) is 5.76 Å². The molecule has 1 atom stereocenters. The molecule has 4 heteroatoms. The summed E-state index contributed by atoms with van der Waals surface area (Å²) in [6, 6.07) is 0. The maximum absolute atomic E-state index is 11.9. The van der Waals surface area contributed by atoms with Crippen LogP contribution in [0.3, 0.4) is 0 Å². The summed E-state index contributed by atoms with van der Waals surface area (Å²) in [5.41, 5.74) is 1.21. The second-order valence-corrected chi connectivity index (χ2v) is 3.41. The monoisotopic (exact) mass is 203 g/mol. The Hall–Kier alpha value is -0.900. The number of hydrogen-bond donors (Lipinski definition) is 1. The maximum atomic E-state index is 11.9. The molecule has 0 amide bonds. The molecule has 1 unspecified atom stereocenters. The number of hydrogen-bond acceptors (Lipinski definition) is 2.